The van der Waals surface area contributed by atoms with Gasteiger partial charge in [-0.05, 0) is 31.7 Å². The summed E-state index contributed by atoms with van der Waals surface area (Å²) in [7, 11) is 0. The van der Waals surface area contributed by atoms with Gasteiger partial charge in [0, 0.05) is 13.0 Å². The van der Waals surface area contributed by atoms with Gasteiger partial charge in [-0.15, -0.1) is 0 Å². The molecule has 0 amide bonds. The number of nitrogens with one attached hydrogen (secondary N) is 1. The van der Waals surface area contributed by atoms with Crippen molar-refractivity contribution in [1.29, 1.82) is 0 Å². The van der Waals surface area contributed by atoms with E-state index in [1.54, 1.807) is 0 Å². The van der Waals surface area contributed by atoms with Gasteiger partial charge in [-0.1, -0.05) is 19.8 Å². The molecule has 3 atom stereocenters. The van der Waals surface area contributed by atoms with E-state index in [1.807, 2.05) is 0 Å². The Morgan fingerprint density at radius 2 is 2.00 bits per heavy atom. The second-order valence-corrected chi connectivity index (χ2v) is 5.71. The molecule has 0 bridgehead atoms. The van der Waals surface area contributed by atoms with Crippen LogP contribution in [-0.4, -0.2) is 43.2 Å². The Morgan fingerprint density at radius 1 is 1.30 bits per heavy atom. The lowest BCUT2D eigenvalue weighted by Crippen LogP contribution is -2.35. The van der Waals surface area contributed by atoms with Crippen LogP contribution in [0.4, 0.5) is 13.2 Å². The maximum atomic E-state index is 11.9. The van der Waals surface area contributed by atoms with Gasteiger partial charge in [0.25, 0.3) is 0 Å². The SMILES string of the molecule is CC1CCCCC1OCC(O)CNCCCC(F)(F)F. The average Bonchev–Trinajstić information content (AvgIpc) is 2.36. The van der Waals surface area contributed by atoms with Gasteiger partial charge >= 0.3 is 6.18 Å². The fraction of sp³-hybridized carbons (Fsp3) is 1.00. The van der Waals surface area contributed by atoms with Crippen LogP contribution in [0.5, 0.6) is 0 Å². The molecular weight excluding hydrogens is 271 g/mol. The third-order valence-corrected chi connectivity index (χ3v) is 3.73. The molecule has 1 fully saturated rings. The van der Waals surface area contributed by atoms with Crippen molar-refractivity contribution in [3.05, 3.63) is 0 Å². The van der Waals surface area contributed by atoms with E-state index in [9.17, 15) is 18.3 Å². The molecule has 0 aliphatic heterocycles. The first-order valence-corrected chi connectivity index (χ1v) is 7.45. The second kappa shape index (κ2) is 8.85. The van der Waals surface area contributed by atoms with Crippen molar-refractivity contribution < 1.29 is 23.0 Å². The lowest BCUT2D eigenvalue weighted by molar-refractivity contribution is -0.135. The van der Waals surface area contributed by atoms with E-state index in [0.717, 1.165) is 12.8 Å². The average molecular weight is 297 g/mol. The van der Waals surface area contributed by atoms with Crippen LogP contribution in [0.15, 0.2) is 0 Å². The number of aliphatic hydroxyl groups is 1. The highest BCUT2D eigenvalue weighted by Crippen LogP contribution is 2.26. The van der Waals surface area contributed by atoms with E-state index in [-0.39, 0.29) is 32.2 Å². The fourth-order valence-electron chi connectivity index (χ4n) is 2.51. The molecule has 0 aromatic carbocycles. The molecule has 0 aromatic heterocycles. The molecule has 0 aromatic rings. The van der Waals surface area contributed by atoms with E-state index in [2.05, 4.69) is 12.2 Å². The molecule has 2 N–H and O–H groups in total. The van der Waals surface area contributed by atoms with Crippen LogP contribution >= 0.6 is 0 Å². The molecule has 0 saturated heterocycles. The third kappa shape index (κ3) is 8.07. The molecule has 6 heteroatoms. The summed E-state index contributed by atoms with van der Waals surface area (Å²) >= 11 is 0. The van der Waals surface area contributed by atoms with Crippen LogP contribution in [0.2, 0.25) is 0 Å². The fourth-order valence-corrected chi connectivity index (χ4v) is 2.51. The maximum absolute atomic E-state index is 11.9. The molecule has 0 radical (unpaired) electrons. The van der Waals surface area contributed by atoms with Crippen LogP contribution in [0.3, 0.4) is 0 Å². The Kier molecular flexibility index (Phi) is 7.84. The summed E-state index contributed by atoms with van der Waals surface area (Å²) in [6.07, 6.45) is -0.684. The van der Waals surface area contributed by atoms with Crippen molar-refractivity contribution in [3.8, 4) is 0 Å². The predicted octanol–water partition coefficient (Wildman–Crippen LogP) is 2.87. The van der Waals surface area contributed by atoms with Crippen molar-refractivity contribution in [3.63, 3.8) is 0 Å². The summed E-state index contributed by atoms with van der Waals surface area (Å²) in [5, 5.41) is 12.5. The summed E-state index contributed by atoms with van der Waals surface area (Å²) in [5.74, 6) is 0.524. The first kappa shape index (κ1) is 17.7. The van der Waals surface area contributed by atoms with E-state index in [4.69, 9.17) is 4.74 Å². The smallest absolute Gasteiger partial charge is 0.389 e. The van der Waals surface area contributed by atoms with Gasteiger partial charge in [-0.3, -0.25) is 0 Å². The van der Waals surface area contributed by atoms with E-state index in [1.165, 1.54) is 12.8 Å². The summed E-state index contributed by atoms with van der Waals surface area (Å²) in [4.78, 5) is 0. The molecule has 120 valence electrons. The highest BCUT2D eigenvalue weighted by atomic mass is 19.4. The van der Waals surface area contributed by atoms with Gasteiger partial charge in [-0.25, -0.2) is 0 Å². The molecule has 20 heavy (non-hydrogen) atoms. The molecule has 1 saturated carbocycles. The number of ether oxygens (including phenoxy) is 1. The Balaban J connectivity index is 2.01. The standard InChI is InChI=1S/C14H26F3NO2/c1-11-5-2-3-6-13(11)20-10-12(19)9-18-8-4-7-14(15,16)17/h11-13,18-19H,2-10H2,1H3. The van der Waals surface area contributed by atoms with Gasteiger partial charge < -0.3 is 15.2 Å². The number of halogens is 3. The highest BCUT2D eigenvalue weighted by molar-refractivity contribution is 4.73. The second-order valence-electron chi connectivity index (χ2n) is 5.71. The van der Waals surface area contributed by atoms with Crippen molar-refractivity contribution in [2.75, 3.05) is 19.7 Å². The summed E-state index contributed by atoms with van der Waals surface area (Å²) in [5.41, 5.74) is 0. The molecule has 0 heterocycles. The zero-order valence-corrected chi connectivity index (χ0v) is 12.1. The number of rotatable bonds is 8. The maximum Gasteiger partial charge on any atom is 0.389 e. The van der Waals surface area contributed by atoms with Crippen LogP contribution in [-0.2, 0) is 4.74 Å². The lowest BCUT2D eigenvalue weighted by atomic mass is 9.88. The molecule has 1 aliphatic carbocycles. The molecule has 0 spiro atoms. The van der Waals surface area contributed by atoms with E-state index in [0.29, 0.717) is 5.92 Å². The highest BCUT2D eigenvalue weighted by Gasteiger charge is 2.26. The minimum Gasteiger partial charge on any atom is -0.389 e. The van der Waals surface area contributed by atoms with Crippen molar-refractivity contribution in [2.45, 2.75) is 63.8 Å². The number of alkyl halides is 3. The Morgan fingerprint density at radius 3 is 2.65 bits per heavy atom. The number of hydrogen-bond donors (Lipinski definition) is 2. The van der Waals surface area contributed by atoms with Gasteiger partial charge in [0.05, 0.1) is 18.8 Å². The normalized spacial score (nSPS) is 25.6. The third-order valence-electron chi connectivity index (χ3n) is 3.73. The topological polar surface area (TPSA) is 41.5 Å². The van der Waals surface area contributed by atoms with Crippen molar-refractivity contribution >= 4 is 0 Å². The van der Waals surface area contributed by atoms with Crippen LogP contribution in [0, 0.1) is 5.92 Å². The van der Waals surface area contributed by atoms with Crippen LogP contribution in [0.25, 0.3) is 0 Å². The predicted molar refractivity (Wildman–Crippen MR) is 71.5 cm³/mol. The zero-order valence-electron chi connectivity index (χ0n) is 12.1. The summed E-state index contributed by atoms with van der Waals surface area (Å²) in [6, 6.07) is 0. The van der Waals surface area contributed by atoms with Gasteiger partial charge in [0.15, 0.2) is 0 Å². The zero-order chi connectivity index (χ0) is 15.0. The minimum atomic E-state index is -4.10. The summed E-state index contributed by atoms with van der Waals surface area (Å²) in [6.45, 7) is 2.95. The molecule has 3 unspecified atom stereocenters. The number of aliphatic hydroxyl groups excluding tert-OH is 1. The van der Waals surface area contributed by atoms with Gasteiger partial charge in [0.2, 0.25) is 0 Å². The largest absolute Gasteiger partial charge is 0.389 e. The van der Waals surface area contributed by atoms with Crippen molar-refractivity contribution in [2.24, 2.45) is 5.92 Å². The van der Waals surface area contributed by atoms with Gasteiger partial charge in [0.1, 0.15) is 0 Å². The first-order chi connectivity index (χ1) is 9.38. The Labute approximate surface area is 118 Å². The lowest BCUT2D eigenvalue weighted by Gasteiger charge is -2.29. The summed E-state index contributed by atoms with van der Waals surface area (Å²) < 4.78 is 41.4. The number of hydrogen-bond acceptors (Lipinski definition) is 3. The first-order valence-electron chi connectivity index (χ1n) is 7.45. The molecule has 1 rings (SSSR count). The monoisotopic (exact) mass is 297 g/mol. The minimum absolute atomic E-state index is 0.0384. The van der Waals surface area contributed by atoms with Crippen LogP contribution in [0.1, 0.15) is 45.4 Å². The van der Waals surface area contributed by atoms with Crippen LogP contribution < -0.4 is 5.32 Å². The van der Waals surface area contributed by atoms with Gasteiger partial charge in [-0.2, -0.15) is 13.2 Å². The molecular formula is C14H26F3NO2. The van der Waals surface area contributed by atoms with Crippen molar-refractivity contribution in [1.82, 2.24) is 5.32 Å². The Bertz CT molecular complexity index is 261. The van der Waals surface area contributed by atoms with E-state index < -0.39 is 18.7 Å². The quantitative estimate of drug-likeness (QED) is 0.677. The molecule has 1 aliphatic rings. The Hall–Kier alpha value is -0.330. The van der Waals surface area contributed by atoms with E-state index >= 15 is 0 Å². The molecule has 3 nitrogen and oxygen atoms in total.